The van der Waals surface area contributed by atoms with Crippen molar-refractivity contribution >= 4 is 38.4 Å². The number of halogens is 1. The first-order valence-corrected chi connectivity index (χ1v) is 10.2. The van der Waals surface area contributed by atoms with Crippen LogP contribution in [0.5, 0.6) is 0 Å². The van der Waals surface area contributed by atoms with Crippen molar-refractivity contribution in [3.05, 3.63) is 50.6 Å². The van der Waals surface area contributed by atoms with Crippen LogP contribution in [0, 0.1) is 5.21 Å². The van der Waals surface area contributed by atoms with Crippen molar-refractivity contribution in [2.45, 2.75) is 32.4 Å². The first kappa shape index (κ1) is 19.4. The van der Waals surface area contributed by atoms with Gasteiger partial charge in [-0.25, -0.2) is 9.69 Å². The van der Waals surface area contributed by atoms with E-state index in [0.29, 0.717) is 17.2 Å². The molecule has 1 aliphatic rings. The van der Waals surface area contributed by atoms with Crippen LogP contribution in [0.4, 0.5) is 5.13 Å². The summed E-state index contributed by atoms with van der Waals surface area (Å²) in [5.41, 5.74) is 1.59. The van der Waals surface area contributed by atoms with Crippen molar-refractivity contribution in [1.82, 2.24) is 14.5 Å². The maximum absolute atomic E-state index is 13.4. The number of hydrogen-bond acceptors (Lipinski definition) is 6. The summed E-state index contributed by atoms with van der Waals surface area (Å²) in [5, 5.41) is 13.8. The number of aryl methyl sites for hydroxylation is 1. The van der Waals surface area contributed by atoms with Crippen LogP contribution in [-0.4, -0.2) is 42.3 Å². The van der Waals surface area contributed by atoms with E-state index in [0.717, 1.165) is 28.6 Å². The smallest absolute Gasteiger partial charge is 0.342 e. The quantitative estimate of drug-likeness (QED) is 0.384. The highest BCUT2D eigenvalue weighted by Gasteiger charge is 2.44. The maximum Gasteiger partial charge on any atom is 0.342 e. The summed E-state index contributed by atoms with van der Waals surface area (Å²) < 4.78 is 5.65. The molecule has 3 rings (SSSR count). The van der Waals surface area contributed by atoms with E-state index in [-0.39, 0.29) is 6.67 Å². The highest BCUT2D eigenvalue weighted by atomic mass is 79.9. The third kappa shape index (κ3) is 4.15. The van der Waals surface area contributed by atoms with E-state index in [1.54, 1.807) is 12.3 Å². The number of ether oxygens (including phenoxy) is 1. The van der Waals surface area contributed by atoms with Gasteiger partial charge in [0, 0.05) is 0 Å². The van der Waals surface area contributed by atoms with Crippen molar-refractivity contribution in [2.75, 3.05) is 20.3 Å². The van der Waals surface area contributed by atoms with Crippen LogP contribution in [0.15, 0.2) is 34.2 Å². The molecule has 140 valence electrons. The van der Waals surface area contributed by atoms with Gasteiger partial charge in [0.1, 0.15) is 6.67 Å². The first-order valence-electron chi connectivity index (χ1n) is 8.61. The summed E-state index contributed by atoms with van der Waals surface area (Å²) in [5.74, 6) is -0.461. The van der Waals surface area contributed by atoms with Crippen LogP contribution < -0.4 is 4.65 Å². The topological polar surface area (TPSA) is 65.5 Å². The Kier molecular flexibility index (Phi) is 6.09. The molecule has 0 spiro atoms. The van der Waals surface area contributed by atoms with Gasteiger partial charge in [-0.15, -0.1) is 0 Å². The number of esters is 1. The predicted molar refractivity (Wildman–Crippen MR) is 107 cm³/mol. The highest BCUT2D eigenvalue weighted by Crippen LogP contribution is 2.36. The Balaban J connectivity index is 1.77. The molecule has 2 aromatic rings. The summed E-state index contributed by atoms with van der Waals surface area (Å²) in [6, 6.07) is 7.46. The molecule has 0 bridgehead atoms. The van der Waals surface area contributed by atoms with Crippen LogP contribution in [0.3, 0.4) is 0 Å². The van der Waals surface area contributed by atoms with Crippen LogP contribution in [0.1, 0.15) is 35.7 Å². The van der Waals surface area contributed by atoms with E-state index in [1.165, 1.54) is 11.3 Å². The van der Waals surface area contributed by atoms with Gasteiger partial charge < -0.3 is 9.94 Å². The summed E-state index contributed by atoms with van der Waals surface area (Å²) in [6.07, 6.45) is 3.88. The molecule has 1 saturated heterocycles. The lowest BCUT2D eigenvalue weighted by atomic mass is 10.1. The molecule has 1 aliphatic heterocycles. The number of rotatable bonds is 6. The Morgan fingerprint density at radius 3 is 3.04 bits per heavy atom. The monoisotopic (exact) mass is 439 g/mol. The highest BCUT2D eigenvalue weighted by molar-refractivity contribution is 9.11. The second-order valence-electron chi connectivity index (χ2n) is 6.59. The molecule has 0 aliphatic carbocycles. The summed E-state index contributed by atoms with van der Waals surface area (Å²) in [6.45, 7) is 2.72. The number of hydrogen-bond donors (Lipinski definition) is 0. The van der Waals surface area contributed by atoms with Crippen molar-refractivity contribution in [3.63, 3.8) is 0 Å². The molecule has 1 fully saturated rings. The third-order valence-corrected chi connectivity index (χ3v) is 5.99. The molecule has 2 atom stereocenters. The first-order chi connectivity index (χ1) is 12.4. The summed E-state index contributed by atoms with van der Waals surface area (Å²) >= 11 is 4.61. The van der Waals surface area contributed by atoms with Crippen LogP contribution in [0.2, 0.25) is 0 Å². The van der Waals surface area contributed by atoms with Crippen LogP contribution >= 0.6 is 27.3 Å². The fourth-order valence-electron chi connectivity index (χ4n) is 3.06. The molecular weight excluding hydrogens is 418 g/mol. The minimum absolute atomic E-state index is 0.203. The number of thiazole rings is 1. The van der Waals surface area contributed by atoms with Gasteiger partial charge in [0.15, 0.2) is 0 Å². The number of hydroxylamine groups is 2. The molecule has 1 aromatic heterocycles. The number of unbranched alkanes of at least 4 members (excludes halogenated alkanes) is 1. The van der Waals surface area contributed by atoms with Crippen LogP contribution in [0.25, 0.3) is 0 Å². The van der Waals surface area contributed by atoms with Crippen molar-refractivity contribution in [1.29, 1.82) is 0 Å². The molecule has 2 heterocycles. The number of carbonyl (C=O) groups is 1. The lowest BCUT2D eigenvalue weighted by Gasteiger charge is -2.38. The van der Waals surface area contributed by atoms with E-state index in [4.69, 9.17) is 4.74 Å². The molecule has 0 radical (unpaired) electrons. The van der Waals surface area contributed by atoms with Gasteiger partial charge in [0.2, 0.25) is 0 Å². The predicted octanol–water partition coefficient (Wildman–Crippen LogP) is 4.14. The van der Waals surface area contributed by atoms with Gasteiger partial charge in [-0.05, 0) is 64.9 Å². The molecule has 0 saturated carbocycles. The lowest BCUT2D eigenvalue weighted by Crippen LogP contribution is -2.50. The molecule has 6 nitrogen and oxygen atoms in total. The average Bonchev–Trinajstić information content (AvgIpc) is 3.17. The minimum Gasteiger partial charge on any atom is -0.622 e. The Morgan fingerprint density at radius 1 is 1.54 bits per heavy atom. The SMILES string of the molecule is CCCCc1cccc(C(=O)OC2CN(C)C[N+]2([O-])c2ncc(Br)s2)c1. The number of carbonyl (C=O) groups excluding carboxylic acids is 1. The number of nitrogens with zero attached hydrogens (tertiary/aromatic N) is 3. The van der Waals surface area contributed by atoms with Gasteiger partial charge in [-0.1, -0.05) is 25.5 Å². The van der Waals surface area contributed by atoms with E-state index < -0.39 is 16.8 Å². The Morgan fingerprint density at radius 2 is 2.35 bits per heavy atom. The van der Waals surface area contributed by atoms with Crippen LogP contribution in [-0.2, 0) is 11.2 Å². The molecular formula is C18H22BrN3O3S. The van der Waals surface area contributed by atoms with Gasteiger partial charge in [0.25, 0.3) is 11.4 Å². The minimum atomic E-state index is -0.829. The number of benzene rings is 1. The Hall–Kier alpha value is -1.32. The molecule has 0 amide bonds. The van der Waals surface area contributed by atoms with Gasteiger partial charge >= 0.3 is 5.97 Å². The normalized spacial score (nSPS) is 23.3. The van der Waals surface area contributed by atoms with Gasteiger partial charge in [-0.3, -0.25) is 4.65 Å². The standard InChI is InChI=1S/C18H22BrN3O3S/c1-3-4-6-13-7-5-8-14(9-13)17(23)25-16-11-21(2)12-22(16,24)18-20-10-15(19)26-18/h5,7-10,16H,3-4,6,11-12H2,1-2H3. The van der Waals surface area contributed by atoms with Gasteiger partial charge in [-0.2, -0.15) is 4.98 Å². The van der Waals surface area contributed by atoms with Crippen molar-refractivity contribution in [3.8, 4) is 0 Å². The fraction of sp³-hybridized carbons (Fsp3) is 0.444. The van der Waals surface area contributed by atoms with Gasteiger partial charge in [0.05, 0.1) is 22.1 Å². The Labute approximate surface area is 165 Å². The number of aromatic nitrogens is 1. The zero-order chi connectivity index (χ0) is 18.7. The second-order valence-corrected chi connectivity index (χ2v) is 8.97. The molecule has 2 unspecified atom stereocenters. The molecule has 1 aromatic carbocycles. The maximum atomic E-state index is 13.4. The lowest BCUT2D eigenvalue weighted by molar-refractivity contribution is 0.00569. The second kappa shape index (κ2) is 8.14. The third-order valence-electron chi connectivity index (χ3n) is 4.40. The van der Waals surface area contributed by atoms with Crippen molar-refractivity contribution < 1.29 is 9.53 Å². The largest absolute Gasteiger partial charge is 0.622 e. The fourth-order valence-corrected chi connectivity index (χ4v) is 4.31. The summed E-state index contributed by atoms with van der Waals surface area (Å²) in [7, 11) is 1.84. The van der Waals surface area contributed by atoms with E-state index in [9.17, 15) is 10.0 Å². The molecule has 0 N–H and O–H groups in total. The van der Waals surface area contributed by atoms with E-state index in [2.05, 4.69) is 27.8 Å². The zero-order valence-corrected chi connectivity index (χ0v) is 17.3. The molecule has 26 heavy (non-hydrogen) atoms. The number of quaternary nitrogens is 1. The average molecular weight is 440 g/mol. The van der Waals surface area contributed by atoms with E-state index >= 15 is 0 Å². The number of likely N-dealkylation sites (N-methyl/N-ethyl adjacent to an activating group) is 1. The van der Waals surface area contributed by atoms with Crippen molar-refractivity contribution in [2.24, 2.45) is 0 Å². The summed E-state index contributed by atoms with van der Waals surface area (Å²) in [4.78, 5) is 18.7. The molecule has 8 heteroatoms. The Bertz CT molecular complexity index is 785. The zero-order valence-electron chi connectivity index (χ0n) is 14.9. The van der Waals surface area contributed by atoms with E-state index in [1.807, 2.05) is 30.1 Å².